The lowest BCUT2D eigenvalue weighted by molar-refractivity contribution is 0.118. The van der Waals surface area contributed by atoms with Gasteiger partial charge in [0, 0.05) is 17.8 Å². The second-order valence-electron chi connectivity index (χ2n) is 4.54. The molecule has 0 aliphatic carbocycles. The minimum absolute atomic E-state index is 0.597. The van der Waals surface area contributed by atoms with Crippen molar-refractivity contribution in [2.75, 3.05) is 6.61 Å². The maximum absolute atomic E-state index is 5.82. The quantitative estimate of drug-likeness (QED) is 0.708. The van der Waals surface area contributed by atoms with Gasteiger partial charge in [0.15, 0.2) is 0 Å². The summed E-state index contributed by atoms with van der Waals surface area (Å²) in [6.45, 7) is 8.44. The van der Waals surface area contributed by atoms with Crippen molar-refractivity contribution < 1.29 is 4.74 Å². The molecule has 0 fully saturated rings. The van der Waals surface area contributed by atoms with E-state index in [4.69, 9.17) is 4.74 Å². The second kappa shape index (κ2) is 7.33. The Labute approximate surface area is 132 Å². The van der Waals surface area contributed by atoms with E-state index in [-0.39, 0.29) is 0 Å². The zero-order valence-corrected chi connectivity index (χ0v) is 14.6. The Morgan fingerprint density at radius 2 is 2.20 bits per heavy atom. The van der Waals surface area contributed by atoms with Crippen molar-refractivity contribution in [1.82, 2.24) is 14.8 Å². The van der Waals surface area contributed by atoms with Gasteiger partial charge in [0.1, 0.15) is 0 Å². The summed E-state index contributed by atoms with van der Waals surface area (Å²) >= 11 is 5.33. The topological polar surface area (TPSA) is 39.9 Å². The highest BCUT2D eigenvalue weighted by Crippen LogP contribution is 2.23. The third kappa shape index (κ3) is 3.48. The van der Waals surface area contributed by atoms with E-state index in [1.165, 1.54) is 4.88 Å². The smallest absolute Gasteiger partial charge is 0.0896 e. The molecule has 2 heterocycles. The molecule has 0 atom stereocenters. The Morgan fingerprint density at radius 3 is 2.80 bits per heavy atom. The summed E-state index contributed by atoms with van der Waals surface area (Å²) in [6.07, 6.45) is 1.86. The van der Waals surface area contributed by atoms with Gasteiger partial charge in [-0.25, -0.2) is 4.98 Å². The SMILES string of the molecule is CCc1nn(CC)c(COCCc2scnc2C)c1Br. The lowest BCUT2D eigenvalue weighted by Crippen LogP contribution is -2.06. The third-order valence-electron chi connectivity index (χ3n) is 3.25. The molecule has 2 aromatic rings. The maximum atomic E-state index is 5.82. The number of aromatic nitrogens is 3. The van der Waals surface area contributed by atoms with Crippen LogP contribution in [0, 0.1) is 6.92 Å². The van der Waals surface area contributed by atoms with Gasteiger partial charge in [-0.1, -0.05) is 6.92 Å². The van der Waals surface area contributed by atoms with Crippen molar-refractivity contribution in [1.29, 1.82) is 0 Å². The van der Waals surface area contributed by atoms with Crippen LogP contribution in [-0.2, 0) is 30.7 Å². The molecular formula is C14H20BrN3OS. The van der Waals surface area contributed by atoms with Crippen molar-refractivity contribution in [3.8, 4) is 0 Å². The Bertz CT molecular complexity index is 565. The Balaban J connectivity index is 1.91. The molecule has 0 saturated carbocycles. The predicted octanol–water partition coefficient (Wildman–Crippen LogP) is 3.75. The van der Waals surface area contributed by atoms with E-state index in [1.807, 2.05) is 17.1 Å². The summed E-state index contributed by atoms with van der Waals surface area (Å²) in [4.78, 5) is 5.56. The fraction of sp³-hybridized carbons (Fsp3) is 0.571. The Hall–Kier alpha value is -0.720. The number of rotatable bonds is 7. The van der Waals surface area contributed by atoms with Gasteiger partial charge >= 0.3 is 0 Å². The molecule has 0 radical (unpaired) electrons. The molecule has 0 aromatic carbocycles. The van der Waals surface area contributed by atoms with Gasteiger partial charge in [0.25, 0.3) is 0 Å². The van der Waals surface area contributed by atoms with Gasteiger partial charge in [-0.05, 0) is 36.2 Å². The van der Waals surface area contributed by atoms with Crippen LogP contribution in [-0.4, -0.2) is 21.4 Å². The highest BCUT2D eigenvalue weighted by molar-refractivity contribution is 9.10. The third-order valence-corrected chi connectivity index (χ3v) is 5.16. The van der Waals surface area contributed by atoms with Crippen molar-refractivity contribution in [3.05, 3.63) is 31.9 Å². The minimum atomic E-state index is 0.597. The molecule has 0 amide bonds. The number of hydrogen-bond donors (Lipinski definition) is 0. The van der Waals surface area contributed by atoms with Crippen LogP contribution in [0.2, 0.25) is 0 Å². The normalized spacial score (nSPS) is 11.2. The largest absolute Gasteiger partial charge is 0.375 e. The summed E-state index contributed by atoms with van der Waals surface area (Å²) in [5.41, 5.74) is 5.24. The van der Waals surface area contributed by atoms with E-state index in [9.17, 15) is 0 Å². The first-order chi connectivity index (χ1) is 9.67. The summed E-state index contributed by atoms with van der Waals surface area (Å²) < 4.78 is 8.93. The molecule has 0 unspecified atom stereocenters. The van der Waals surface area contributed by atoms with Crippen molar-refractivity contribution in [2.45, 2.75) is 46.8 Å². The fourth-order valence-electron chi connectivity index (χ4n) is 2.06. The standard InChI is InChI=1S/C14H20BrN3OS/c1-4-11-14(15)12(18(5-2)17-11)8-19-7-6-13-10(3)16-9-20-13/h9H,4-8H2,1-3H3. The highest BCUT2D eigenvalue weighted by atomic mass is 79.9. The molecule has 0 saturated heterocycles. The average Bonchev–Trinajstić information content (AvgIpc) is 2.99. The van der Waals surface area contributed by atoms with Crippen LogP contribution >= 0.6 is 27.3 Å². The summed E-state index contributed by atoms with van der Waals surface area (Å²) in [7, 11) is 0. The van der Waals surface area contributed by atoms with Gasteiger partial charge < -0.3 is 4.74 Å². The van der Waals surface area contributed by atoms with Gasteiger partial charge in [0.05, 0.1) is 40.3 Å². The summed E-state index contributed by atoms with van der Waals surface area (Å²) in [6, 6.07) is 0. The maximum Gasteiger partial charge on any atom is 0.0896 e. The molecular weight excluding hydrogens is 338 g/mol. The van der Waals surface area contributed by atoms with Gasteiger partial charge in [-0.3, -0.25) is 4.68 Å². The zero-order valence-electron chi connectivity index (χ0n) is 12.1. The van der Waals surface area contributed by atoms with E-state index in [0.29, 0.717) is 13.2 Å². The number of hydrogen-bond acceptors (Lipinski definition) is 4. The second-order valence-corrected chi connectivity index (χ2v) is 6.27. The van der Waals surface area contributed by atoms with Crippen molar-refractivity contribution in [3.63, 3.8) is 0 Å². The zero-order chi connectivity index (χ0) is 14.5. The van der Waals surface area contributed by atoms with Crippen molar-refractivity contribution >= 4 is 27.3 Å². The number of nitrogens with zero attached hydrogens (tertiary/aromatic N) is 3. The number of halogens is 1. The van der Waals surface area contributed by atoms with Crippen LogP contribution in [0.3, 0.4) is 0 Å². The molecule has 0 aliphatic heterocycles. The molecule has 0 bridgehead atoms. The van der Waals surface area contributed by atoms with Crippen LogP contribution in [0.25, 0.3) is 0 Å². The van der Waals surface area contributed by atoms with E-state index in [1.54, 1.807) is 11.3 Å². The van der Waals surface area contributed by atoms with Gasteiger partial charge in [-0.2, -0.15) is 5.10 Å². The molecule has 2 rings (SSSR count). The molecule has 20 heavy (non-hydrogen) atoms. The van der Waals surface area contributed by atoms with Gasteiger partial charge in [0.2, 0.25) is 0 Å². The Kier molecular flexibility index (Phi) is 5.74. The first kappa shape index (κ1) is 15.7. The molecule has 0 spiro atoms. The van der Waals surface area contributed by atoms with Crippen LogP contribution in [0.4, 0.5) is 0 Å². The van der Waals surface area contributed by atoms with Crippen LogP contribution < -0.4 is 0 Å². The predicted molar refractivity (Wildman–Crippen MR) is 85.2 cm³/mol. The first-order valence-corrected chi connectivity index (χ1v) is 8.55. The molecule has 0 N–H and O–H groups in total. The monoisotopic (exact) mass is 357 g/mol. The highest BCUT2D eigenvalue weighted by Gasteiger charge is 2.13. The average molecular weight is 358 g/mol. The molecule has 4 nitrogen and oxygen atoms in total. The van der Waals surface area contributed by atoms with Crippen molar-refractivity contribution in [2.24, 2.45) is 0 Å². The Morgan fingerprint density at radius 1 is 1.40 bits per heavy atom. The minimum Gasteiger partial charge on any atom is -0.375 e. The number of thiazole rings is 1. The van der Waals surface area contributed by atoms with E-state index in [0.717, 1.165) is 40.9 Å². The first-order valence-electron chi connectivity index (χ1n) is 6.88. The summed E-state index contributed by atoms with van der Waals surface area (Å²) in [5.74, 6) is 0. The van der Waals surface area contributed by atoms with Crippen LogP contribution in [0.5, 0.6) is 0 Å². The van der Waals surface area contributed by atoms with E-state index >= 15 is 0 Å². The van der Waals surface area contributed by atoms with Crippen LogP contribution in [0.1, 0.15) is 35.8 Å². The lowest BCUT2D eigenvalue weighted by Gasteiger charge is -2.06. The van der Waals surface area contributed by atoms with Gasteiger partial charge in [-0.15, -0.1) is 11.3 Å². The molecule has 6 heteroatoms. The van der Waals surface area contributed by atoms with Crippen LogP contribution in [0.15, 0.2) is 9.98 Å². The fourth-order valence-corrected chi connectivity index (χ4v) is 3.50. The molecule has 2 aromatic heterocycles. The number of aryl methyl sites for hydroxylation is 3. The lowest BCUT2D eigenvalue weighted by atomic mass is 10.3. The number of ether oxygens (including phenoxy) is 1. The van der Waals surface area contributed by atoms with E-state index in [2.05, 4.69) is 39.9 Å². The van der Waals surface area contributed by atoms with E-state index < -0.39 is 0 Å². The molecule has 0 aliphatic rings. The summed E-state index contributed by atoms with van der Waals surface area (Å²) in [5, 5.41) is 4.57. The molecule has 110 valence electrons.